The Bertz CT molecular complexity index is 1070. The summed E-state index contributed by atoms with van der Waals surface area (Å²) in [5, 5.41) is 9.80. The normalized spacial score (nSPS) is 15.7. The molecule has 0 fully saturated rings. The molecule has 30 heavy (non-hydrogen) atoms. The first-order chi connectivity index (χ1) is 14.5. The van der Waals surface area contributed by atoms with E-state index in [1.165, 1.54) is 11.9 Å². The quantitative estimate of drug-likeness (QED) is 0.573. The molecule has 0 radical (unpaired) electrons. The van der Waals surface area contributed by atoms with Gasteiger partial charge in [0.1, 0.15) is 11.8 Å². The molecule has 0 aliphatic carbocycles. The number of Topliss-reactive ketones (excluding diaryl/α,β-unsaturated/α-hetero) is 1. The summed E-state index contributed by atoms with van der Waals surface area (Å²) in [7, 11) is 0. The van der Waals surface area contributed by atoms with Crippen LogP contribution in [0.3, 0.4) is 0 Å². The van der Waals surface area contributed by atoms with Gasteiger partial charge in [0, 0.05) is 22.7 Å². The third-order valence-corrected chi connectivity index (χ3v) is 5.20. The van der Waals surface area contributed by atoms with Crippen LogP contribution in [0.4, 0.5) is 5.69 Å². The van der Waals surface area contributed by atoms with Crippen molar-refractivity contribution < 1.29 is 14.0 Å². The number of amides is 1. The fourth-order valence-corrected chi connectivity index (χ4v) is 3.47. The number of benzene rings is 2. The number of ketones is 1. The molecule has 1 aromatic heterocycles. The maximum Gasteiger partial charge on any atom is 0.262 e. The summed E-state index contributed by atoms with van der Waals surface area (Å²) in [5.74, 6) is 0.498. The van der Waals surface area contributed by atoms with E-state index in [-0.39, 0.29) is 24.3 Å². The Morgan fingerprint density at radius 3 is 2.50 bits per heavy atom. The summed E-state index contributed by atoms with van der Waals surface area (Å²) in [6.07, 6.45) is 2.14. The highest BCUT2D eigenvalue weighted by atomic mass is 35.5. The molecule has 2 heterocycles. The van der Waals surface area contributed by atoms with Gasteiger partial charge in [-0.1, -0.05) is 23.7 Å². The average molecular weight is 422 g/mol. The van der Waals surface area contributed by atoms with Crippen molar-refractivity contribution in [1.29, 1.82) is 0 Å². The molecule has 1 aliphatic heterocycles. The SMILES string of the molecule is CC(=O)c1ccc(NCC(=O)N2N=C(c3ccc(Cl)cc3)CC2c2ccco2)cc1. The third kappa shape index (κ3) is 4.28. The minimum absolute atomic E-state index is 0.0000452. The first kappa shape index (κ1) is 19.9. The Hall–Kier alpha value is -3.38. The monoisotopic (exact) mass is 421 g/mol. The number of nitrogens with one attached hydrogen (secondary N) is 1. The lowest BCUT2D eigenvalue weighted by Gasteiger charge is -2.20. The van der Waals surface area contributed by atoms with E-state index in [9.17, 15) is 9.59 Å². The van der Waals surface area contributed by atoms with Crippen LogP contribution in [0.15, 0.2) is 76.4 Å². The van der Waals surface area contributed by atoms with Gasteiger partial charge < -0.3 is 9.73 Å². The van der Waals surface area contributed by atoms with Crippen molar-refractivity contribution in [1.82, 2.24) is 5.01 Å². The van der Waals surface area contributed by atoms with Gasteiger partial charge in [0.25, 0.3) is 5.91 Å². The van der Waals surface area contributed by atoms with E-state index < -0.39 is 0 Å². The number of hydrogen-bond donors (Lipinski definition) is 1. The molecule has 2 aromatic carbocycles. The number of hydrazone groups is 1. The van der Waals surface area contributed by atoms with Crippen LogP contribution in [-0.4, -0.2) is 29.0 Å². The zero-order valence-corrected chi connectivity index (χ0v) is 17.1. The zero-order valence-electron chi connectivity index (χ0n) is 16.3. The molecule has 1 atom stereocenters. The lowest BCUT2D eigenvalue weighted by Crippen LogP contribution is -2.32. The van der Waals surface area contributed by atoms with Gasteiger partial charge in [-0.2, -0.15) is 5.10 Å². The highest BCUT2D eigenvalue weighted by Gasteiger charge is 2.34. The highest BCUT2D eigenvalue weighted by Crippen LogP contribution is 2.33. The summed E-state index contributed by atoms with van der Waals surface area (Å²) in [5.41, 5.74) is 3.09. The molecule has 1 unspecified atom stereocenters. The molecule has 1 aliphatic rings. The fraction of sp³-hybridized carbons (Fsp3) is 0.174. The second kappa shape index (κ2) is 8.55. The van der Waals surface area contributed by atoms with Crippen molar-refractivity contribution in [3.05, 3.63) is 88.8 Å². The third-order valence-electron chi connectivity index (χ3n) is 4.95. The van der Waals surface area contributed by atoms with Crippen molar-refractivity contribution in [2.24, 2.45) is 5.10 Å². The minimum Gasteiger partial charge on any atom is -0.467 e. The molecule has 0 saturated heterocycles. The zero-order chi connectivity index (χ0) is 21.1. The van der Waals surface area contributed by atoms with Crippen molar-refractivity contribution in [3.63, 3.8) is 0 Å². The predicted molar refractivity (Wildman–Crippen MR) is 116 cm³/mol. The van der Waals surface area contributed by atoms with E-state index in [2.05, 4.69) is 10.4 Å². The van der Waals surface area contributed by atoms with Gasteiger partial charge in [0.2, 0.25) is 0 Å². The fourth-order valence-electron chi connectivity index (χ4n) is 3.34. The molecule has 1 amide bonds. The molecule has 4 rings (SSSR count). The Balaban J connectivity index is 1.51. The van der Waals surface area contributed by atoms with E-state index >= 15 is 0 Å². The van der Waals surface area contributed by atoms with Gasteiger partial charge in [-0.3, -0.25) is 9.59 Å². The Morgan fingerprint density at radius 2 is 1.87 bits per heavy atom. The molecule has 0 spiro atoms. The number of carbonyl (C=O) groups is 2. The van der Waals surface area contributed by atoms with Crippen molar-refractivity contribution in [3.8, 4) is 0 Å². The molecule has 0 bridgehead atoms. The Kier molecular flexibility index (Phi) is 5.68. The largest absolute Gasteiger partial charge is 0.467 e. The number of nitrogens with zero attached hydrogens (tertiary/aromatic N) is 2. The van der Waals surface area contributed by atoms with Crippen molar-refractivity contribution in [2.45, 2.75) is 19.4 Å². The molecule has 0 saturated carbocycles. The van der Waals surface area contributed by atoms with Crippen LogP contribution in [-0.2, 0) is 4.79 Å². The van der Waals surface area contributed by atoms with Crippen LogP contribution in [0.1, 0.15) is 41.1 Å². The summed E-state index contributed by atoms with van der Waals surface area (Å²) >= 11 is 5.99. The molecule has 1 N–H and O–H groups in total. The van der Waals surface area contributed by atoms with Crippen molar-refractivity contribution in [2.75, 3.05) is 11.9 Å². The van der Waals surface area contributed by atoms with E-state index in [1.54, 1.807) is 48.7 Å². The first-order valence-electron chi connectivity index (χ1n) is 9.55. The summed E-state index contributed by atoms with van der Waals surface area (Å²) in [6, 6.07) is 17.7. The number of halogens is 1. The number of furan rings is 1. The van der Waals surface area contributed by atoms with E-state index in [1.807, 2.05) is 18.2 Å². The van der Waals surface area contributed by atoms with E-state index in [0.717, 1.165) is 17.0 Å². The second-order valence-electron chi connectivity index (χ2n) is 7.01. The lowest BCUT2D eigenvalue weighted by atomic mass is 10.0. The van der Waals surface area contributed by atoms with Crippen LogP contribution < -0.4 is 5.32 Å². The topological polar surface area (TPSA) is 74.9 Å². The molecule has 6 nitrogen and oxygen atoms in total. The minimum atomic E-state index is -0.305. The Labute approximate surface area is 179 Å². The molecule has 7 heteroatoms. The predicted octanol–water partition coefficient (Wildman–Crippen LogP) is 4.93. The highest BCUT2D eigenvalue weighted by molar-refractivity contribution is 6.30. The number of anilines is 1. The second-order valence-corrected chi connectivity index (χ2v) is 7.45. The molecule has 3 aromatic rings. The summed E-state index contributed by atoms with van der Waals surface area (Å²) < 4.78 is 5.56. The Morgan fingerprint density at radius 1 is 1.13 bits per heavy atom. The van der Waals surface area contributed by atoms with Gasteiger partial charge in [-0.05, 0) is 61.0 Å². The number of carbonyl (C=O) groups excluding carboxylic acids is 2. The van der Waals surface area contributed by atoms with E-state index in [0.29, 0.717) is 22.8 Å². The molecule has 152 valence electrons. The maximum absolute atomic E-state index is 13.0. The van der Waals surface area contributed by atoms with Gasteiger partial charge in [0.15, 0.2) is 5.78 Å². The molecular weight excluding hydrogens is 402 g/mol. The summed E-state index contributed by atoms with van der Waals surface area (Å²) in [6.45, 7) is 1.58. The maximum atomic E-state index is 13.0. The standard InChI is InChI=1S/C23H20ClN3O3/c1-15(28)16-6-10-19(11-7-16)25-14-23(29)27-21(22-3-2-12-30-22)13-20(26-27)17-4-8-18(24)9-5-17/h2-12,21,25H,13-14H2,1H3. The van der Waals surface area contributed by atoms with Gasteiger partial charge >= 0.3 is 0 Å². The van der Waals surface area contributed by atoms with Crippen LogP contribution in [0, 0.1) is 0 Å². The lowest BCUT2D eigenvalue weighted by molar-refractivity contribution is -0.131. The average Bonchev–Trinajstić information content (AvgIpc) is 3.43. The smallest absolute Gasteiger partial charge is 0.262 e. The van der Waals surface area contributed by atoms with Gasteiger partial charge in [-0.15, -0.1) is 0 Å². The van der Waals surface area contributed by atoms with Crippen LogP contribution in [0.5, 0.6) is 0 Å². The number of hydrogen-bond acceptors (Lipinski definition) is 5. The van der Waals surface area contributed by atoms with Gasteiger partial charge in [-0.25, -0.2) is 5.01 Å². The van der Waals surface area contributed by atoms with Crippen LogP contribution in [0.2, 0.25) is 5.02 Å². The molecular formula is C23H20ClN3O3. The van der Waals surface area contributed by atoms with Crippen molar-refractivity contribution >= 4 is 34.7 Å². The van der Waals surface area contributed by atoms with Gasteiger partial charge in [0.05, 0.1) is 18.5 Å². The van der Waals surface area contributed by atoms with E-state index in [4.69, 9.17) is 16.0 Å². The summed E-state index contributed by atoms with van der Waals surface area (Å²) in [4.78, 5) is 24.4. The van der Waals surface area contributed by atoms with Crippen LogP contribution >= 0.6 is 11.6 Å². The first-order valence-corrected chi connectivity index (χ1v) is 9.93. The number of rotatable bonds is 6. The van der Waals surface area contributed by atoms with Crippen LogP contribution in [0.25, 0.3) is 0 Å².